The molecule has 8 heteroatoms. The maximum absolute atomic E-state index is 11.9. The largest absolute Gasteiger partial charge is 0.462 e. The molecule has 0 aromatic rings. The van der Waals surface area contributed by atoms with Crippen LogP contribution in [0.1, 0.15) is 34.6 Å². The molecule has 0 unspecified atom stereocenters. The minimum atomic E-state index is -0.840. The van der Waals surface area contributed by atoms with Gasteiger partial charge in [-0.05, 0) is 0 Å². The van der Waals surface area contributed by atoms with Crippen LogP contribution in [0.2, 0.25) is 0 Å². The van der Waals surface area contributed by atoms with E-state index in [9.17, 15) is 19.2 Å². The van der Waals surface area contributed by atoms with Crippen molar-refractivity contribution in [3.63, 3.8) is 0 Å². The van der Waals surface area contributed by atoms with E-state index in [2.05, 4.69) is 5.32 Å². The van der Waals surface area contributed by atoms with Crippen molar-refractivity contribution in [1.29, 1.82) is 0 Å². The zero-order chi connectivity index (χ0) is 18.2. The van der Waals surface area contributed by atoms with Crippen molar-refractivity contribution in [2.24, 2.45) is 11.8 Å². The summed E-state index contributed by atoms with van der Waals surface area (Å²) >= 11 is 0. The Morgan fingerprint density at radius 2 is 1.43 bits per heavy atom. The fourth-order valence-electron chi connectivity index (χ4n) is 2.15. The Balaban J connectivity index is 5.32. The summed E-state index contributed by atoms with van der Waals surface area (Å²) in [4.78, 5) is 45.4. The first-order valence-electron chi connectivity index (χ1n) is 7.29. The molecule has 0 aromatic heterocycles. The zero-order valence-corrected chi connectivity index (χ0v) is 14.4. The maximum Gasteiger partial charge on any atom is 0.303 e. The highest BCUT2D eigenvalue weighted by Gasteiger charge is 2.37. The molecular weight excluding hydrogens is 306 g/mol. The van der Waals surface area contributed by atoms with Crippen molar-refractivity contribution < 1.29 is 33.4 Å². The highest BCUT2D eigenvalue weighted by molar-refractivity contribution is 5.79. The van der Waals surface area contributed by atoms with Gasteiger partial charge in [-0.1, -0.05) is 13.8 Å². The molecule has 0 heterocycles. The van der Waals surface area contributed by atoms with Crippen molar-refractivity contribution >= 4 is 23.8 Å². The van der Waals surface area contributed by atoms with Gasteiger partial charge in [-0.2, -0.15) is 0 Å². The van der Waals surface area contributed by atoms with Crippen LogP contribution in [-0.2, 0) is 33.4 Å². The molecule has 0 aromatic carbocycles. The van der Waals surface area contributed by atoms with Gasteiger partial charge in [0.1, 0.15) is 18.8 Å². The molecule has 0 rings (SSSR count). The molecule has 4 atom stereocenters. The molecule has 0 spiro atoms. The second kappa shape index (κ2) is 9.81. The molecule has 0 bridgehead atoms. The van der Waals surface area contributed by atoms with Crippen molar-refractivity contribution in [3.8, 4) is 0 Å². The quantitative estimate of drug-likeness (QED) is 0.507. The second-order valence-corrected chi connectivity index (χ2v) is 5.29. The standard InChI is InChI=1S/C15H25NO7/c1-8(13(22-11(4)18)7-21-10(3)17)14(23-12(5)19)9(2)15(20)16-6/h8-9,13-14H,7H2,1-6H3,(H,16,20)/t8-,9-,13-,14+/m1/s1. The van der Waals surface area contributed by atoms with Gasteiger partial charge < -0.3 is 19.5 Å². The minimum Gasteiger partial charge on any atom is -0.462 e. The molecule has 0 saturated carbocycles. The van der Waals surface area contributed by atoms with Gasteiger partial charge in [-0.3, -0.25) is 19.2 Å². The number of carbonyl (C=O) groups excluding carboxylic acids is 4. The Kier molecular flexibility index (Phi) is 8.90. The maximum atomic E-state index is 11.9. The lowest BCUT2D eigenvalue weighted by Crippen LogP contribution is -2.45. The number of nitrogens with one attached hydrogen (secondary N) is 1. The molecular formula is C15H25NO7. The van der Waals surface area contributed by atoms with Crippen LogP contribution < -0.4 is 5.32 Å². The van der Waals surface area contributed by atoms with Gasteiger partial charge in [0.2, 0.25) is 5.91 Å². The fraction of sp³-hybridized carbons (Fsp3) is 0.733. The lowest BCUT2D eigenvalue weighted by atomic mass is 9.88. The van der Waals surface area contributed by atoms with Crippen LogP contribution in [-0.4, -0.2) is 49.7 Å². The SMILES string of the molecule is CNC(=O)[C@H](C)[C@@H](OC(C)=O)[C@H](C)[C@@H](COC(C)=O)OC(C)=O. The average Bonchev–Trinajstić information content (AvgIpc) is 2.46. The van der Waals surface area contributed by atoms with Crippen molar-refractivity contribution in [2.45, 2.75) is 46.8 Å². The van der Waals surface area contributed by atoms with Crippen LogP contribution in [0.5, 0.6) is 0 Å². The highest BCUT2D eigenvalue weighted by Crippen LogP contribution is 2.23. The van der Waals surface area contributed by atoms with Crippen LogP contribution >= 0.6 is 0 Å². The third-order valence-electron chi connectivity index (χ3n) is 3.33. The molecule has 0 aliphatic carbocycles. The first-order chi connectivity index (χ1) is 10.6. The Bertz CT molecular complexity index is 449. The van der Waals surface area contributed by atoms with Gasteiger partial charge >= 0.3 is 17.9 Å². The molecule has 0 aliphatic heterocycles. The van der Waals surface area contributed by atoms with Crippen LogP contribution in [0.4, 0.5) is 0 Å². The number of ether oxygens (including phenoxy) is 3. The molecule has 0 saturated heterocycles. The molecule has 8 nitrogen and oxygen atoms in total. The summed E-state index contributed by atoms with van der Waals surface area (Å²) in [6.45, 7) is 6.74. The Morgan fingerprint density at radius 1 is 0.913 bits per heavy atom. The van der Waals surface area contributed by atoms with Gasteiger partial charge in [0.05, 0.1) is 5.92 Å². The van der Waals surface area contributed by atoms with Gasteiger partial charge in [0.15, 0.2) is 0 Å². The van der Waals surface area contributed by atoms with E-state index in [-0.39, 0.29) is 12.5 Å². The smallest absolute Gasteiger partial charge is 0.303 e. The second-order valence-electron chi connectivity index (χ2n) is 5.29. The Hall–Kier alpha value is -2.12. The van der Waals surface area contributed by atoms with Crippen molar-refractivity contribution in [2.75, 3.05) is 13.7 Å². The van der Waals surface area contributed by atoms with E-state index in [0.29, 0.717) is 0 Å². The van der Waals surface area contributed by atoms with E-state index in [1.165, 1.54) is 27.8 Å². The number of amides is 1. The van der Waals surface area contributed by atoms with E-state index < -0.39 is 42.0 Å². The normalized spacial score (nSPS) is 15.6. The number of hydrogen-bond acceptors (Lipinski definition) is 7. The van der Waals surface area contributed by atoms with E-state index in [0.717, 1.165) is 0 Å². The summed E-state index contributed by atoms with van der Waals surface area (Å²) in [6.07, 6.45) is -1.68. The van der Waals surface area contributed by atoms with Crippen LogP contribution in [0, 0.1) is 11.8 Å². The topological polar surface area (TPSA) is 108 Å². The molecule has 132 valence electrons. The Labute approximate surface area is 135 Å². The first-order valence-corrected chi connectivity index (χ1v) is 7.29. The van der Waals surface area contributed by atoms with Gasteiger partial charge in [0.25, 0.3) is 0 Å². The average molecular weight is 331 g/mol. The summed E-state index contributed by atoms with van der Waals surface area (Å²) in [5, 5.41) is 2.48. The molecule has 1 N–H and O–H groups in total. The Morgan fingerprint density at radius 3 is 1.83 bits per heavy atom. The van der Waals surface area contributed by atoms with E-state index in [1.54, 1.807) is 13.8 Å². The summed E-state index contributed by atoms with van der Waals surface area (Å²) in [7, 11) is 1.47. The zero-order valence-electron chi connectivity index (χ0n) is 14.4. The first kappa shape index (κ1) is 20.9. The fourth-order valence-corrected chi connectivity index (χ4v) is 2.15. The van der Waals surface area contributed by atoms with Crippen LogP contribution in [0.15, 0.2) is 0 Å². The van der Waals surface area contributed by atoms with E-state index >= 15 is 0 Å². The van der Waals surface area contributed by atoms with Crippen molar-refractivity contribution in [1.82, 2.24) is 5.32 Å². The third-order valence-corrected chi connectivity index (χ3v) is 3.33. The molecule has 0 radical (unpaired) electrons. The lowest BCUT2D eigenvalue weighted by Gasteiger charge is -2.32. The monoisotopic (exact) mass is 331 g/mol. The summed E-state index contributed by atoms with van der Waals surface area (Å²) in [6, 6.07) is 0. The third kappa shape index (κ3) is 7.62. The van der Waals surface area contributed by atoms with E-state index in [1.807, 2.05) is 0 Å². The van der Waals surface area contributed by atoms with E-state index in [4.69, 9.17) is 14.2 Å². The van der Waals surface area contributed by atoms with Crippen LogP contribution in [0.25, 0.3) is 0 Å². The van der Waals surface area contributed by atoms with Gasteiger partial charge in [-0.15, -0.1) is 0 Å². The molecule has 23 heavy (non-hydrogen) atoms. The number of carbonyl (C=O) groups is 4. The number of rotatable bonds is 8. The number of esters is 3. The predicted molar refractivity (Wildman–Crippen MR) is 80.1 cm³/mol. The molecule has 0 aliphatic rings. The summed E-state index contributed by atoms with van der Waals surface area (Å²) in [5.74, 6) is -3.21. The predicted octanol–water partition coefficient (Wildman–Crippen LogP) is 0.431. The van der Waals surface area contributed by atoms with Crippen LogP contribution in [0.3, 0.4) is 0 Å². The summed E-state index contributed by atoms with van der Waals surface area (Å²) < 4.78 is 15.3. The van der Waals surface area contributed by atoms with Crippen molar-refractivity contribution in [3.05, 3.63) is 0 Å². The summed E-state index contributed by atoms with van der Waals surface area (Å²) in [5.41, 5.74) is 0. The minimum absolute atomic E-state index is 0.186. The molecule has 0 fully saturated rings. The lowest BCUT2D eigenvalue weighted by molar-refractivity contribution is -0.170. The highest BCUT2D eigenvalue weighted by atomic mass is 16.6. The van der Waals surface area contributed by atoms with Gasteiger partial charge in [-0.25, -0.2) is 0 Å². The van der Waals surface area contributed by atoms with Gasteiger partial charge in [0, 0.05) is 33.7 Å². The molecule has 1 amide bonds. The number of hydrogen-bond donors (Lipinski definition) is 1.